The molecule has 2 amide bonds. The number of primary amides is 1. The van der Waals surface area contributed by atoms with Crippen molar-refractivity contribution < 1.29 is 31.9 Å². The highest BCUT2D eigenvalue weighted by Crippen LogP contribution is 2.42. The predicted molar refractivity (Wildman–Crippen MR) is 111 cm³/mol. The number of amides is 2. The number of halogens is 5. The van der Waals surface area contributed by atoms with Crippen LogP contribution in [-0.2, 0) is 6.18 Å². The van der Waals surface area contributed by atoms with Crippen molar-refractivity contribution in [3.8, 4) is 11.5 Å². The van der Waals surface area contributed by atoms with E-state index in [4.69, 9.17) is 22.1 Å². The first-order chi connectivity index (χ1) is 15.4. The normalized spacial score (nSPS) is 11.2. The Balaban J connectivity index is 2.12. The molecular formula is C21H15ClF4N4O3. The summed E-state index contributed by atoms with van der Waals surface area (Å²) in [6, 6.07) is 5.24. The van der Waals surface area contributed by atoms with Gasteiger partial charge in [-0.15, -0.1) is 0 Å². The van der Waals surface area contributed by atoms with Crippen molar-refractivity contribution in [3.05, 3.63) is 75.6 Å². The summed E-state index contributed by atoms with van der Waals surface area (Å²) in [4.78, 5) is 31.7. The molecule has 0 spiro atoms. The second-order valence-corrected chi connectivity index (χ2v) is 7.18. The number of carbonyl (C=O) groups excluding carboxylic acids is 2. The van der Waals surface area contributed by atoms with Crippen molar-refractivity contribution in [2.24, 2.45) is 5.73 Å². The smallest absolute Gasteiger partial charge is 0.417 e. The molecule has 0 radical (unpaired) electrons. The Morgan fingerprint density at radius 1 is 1.12 bits per heavy atom. The van der Waals surface area contributed by atoms with Gasteiger partial charge in [0.2, 0.25) is 5.95 Å². The van der Waals surface area contributed by atoms with Gasteiger partial charge >= 0.3 is 6.18 Å². The average Bonchev–Trinajstić information content (AvgIpc) is 2.71. The molecular weight excluding hydrogens is 468 g/mol. The minimum atomic E-state index is -4.84. The SMILES string of the molecule is Cc1nc(F)ccc1Oc1cc(C(F)(F)F)c(Cl)c(C)c1C(=O)Nc1ccnc(C(N)=O)c1. The zero-order valence-electron chi connectivity index (χ0n) is 17.1. The molecule has 1 aromatic carbocycles. The Labute approximate surface area is 189 Å². The minimum absolute atomic E-state index is 0.0442. The lowest BCUT2D eigenvalue weighted by molar-refractivity contribution is -0.137. The van der Waals surface area contributed by atoms with Crippen LogP contribution in [0.4, 0.5) is 23.2 Å². The number of aryl methyl sites for hydroxylation is 1. The van der Waals surface area contributed by atoms with Crippen molar-refractivity contribution in [3.63, 3.8) is 0 Å². The minimum Gasteiger partial charge on any atom is -0.455 e. The van der Waals surface area contributed by atoms with Gasteiger partial charge in [-0.05, 0) is 49.7 Å². The molecule has 2 heterocycles. The third kappa shape index (κ3) is 5.20. The summed E-state index contributed by atoms with van der Waals surface area (Å²) in [5.41, 5.74) is 3.43. The highest BCUT2D eigenvalue weighted by atomic mass is 35.5. The van der Waals surface area contributed by atoms with Crippen LogP contribution < -0.4 is 15.8 Å². The van der Waals surface area contributed by atoms with Crippen LogP contribution in [0.5, 0.6) is 11.5 Å². The number of ether oxygens (including phenoxy) is 1. The molecule has 0 aliphatic rings. The molecule has 12 heteroatoms. The van der Waals surface area contributed by atoms with E-state index in [0.717, 1.165) is 6.07 Å². The number of anilines is 1. The van der Waals surface area contributed by atoms with Gasteiger partial charge in [0.1, 0.15) is 17.2 Å². The van der Waals surface area contributed by atoms with Crippen LogP contribution in [0, 0.1) is 19.8 Å². The maximum atomic E-state index is 13.5. The number of nitrogens with zero attached hydrogens (tertiary/aromatic N) is 2. The molecule has 0 aliphatic heterocycles. The second kappa shape index (κ2) is 9.02. The number of hydrogen-bond acceptors (Lipinski definition) is 5. The fraction of sp³-hybridized carbons (Fsp3) is 0.143. The number of nitrogens with one attached hydrogen (secondary N) is 1. The highest BCUT2D eigenvalue weighted by molar-refractivity contribution is 6.33. The van der Waals surface area contributed by atoms with Crippen LogP contribution in [0.1, 0.15) is 37.7 Å². The van der Waals surface area contributed by atoms with Gasteiger partial charge in [0, 0.05) is 11.9 Å². The Morgan fingerprint density at radius 2 is 1.82 bits per heavy atom. The summed E-state index contributed by atoms with van der Waals surface area (Å²) in [7, 11) is 0. The lowest BCUT2D eigenvalue weighted by Crippen LogP contribution is -2.18. The van der Waals surface area contributed by atoms with Gasteiger partial charge in [0.05, 0.1) is 21.8 Å². The van der Waals surface area contributed by atoms with Crippen LogP contribution in [0.15, 0.2) is 36.5 Å². The molecule has 0 atom stereocenters. The van der Waals surface area contributed by atoms with E-state index in [-0.39, 0.29) is 34.0 Å². The molecule has 0 saturated heterocycles. The van der Waals surface area contributed by atoms with Crippen LogP contribution >= 0.6 is 11.6 Å². The molecule has 3 N–H and O–H groups in total. The summed E-state index contributed by atoms with van der Waals surface area (Å²) >= 11 is 5.94. The Kier molecular flexibility index (Phi) is 6.54. The van der Waals surface area contributed by atoms with Crippen LogP contribution in [-0.4, -0.2) is 21.8 Å². The number of alkyl halides is 3. The number of nitrogens with two attached hydrogens (primary N) is 1. The van der Waals surface area contributed by atoms with Crippen molar-refractivity contribution in [1.29, 1.82) is 0 Å². The number of aromatic nitrogens is 2. The number of hydrogen-bond donors (Lipinski definition) is 2. The summed E-state index contributed by atoms with van der Waals surface area (Å²) in [6.45, 7) is 2.60. The van der Waals surface area contributed by atoms with Gasteiger partial charge in [-0.1, -0.05) is 11.6 Å². The molecule has 3 rings (SSSR count). The molecule has 3 aromatic rings. The van der Waals surface area contributed by atoms with Gasteiger partial charge < -0.3 is 15.8 Å². The Hall–Kier alpha value is -3.73. The zero-order chi connectivity index (χ0) is 24.5. The molecule has 7 nitrogen and oxygen atoms in total. The summed E-state index contributed by atoms with van der Waals surface area (Å²) in [5, 5.41) is 1.75. The lowest BCUT2D eigenvalue weighted by atomic mass is 10.0. The van der Waals surface area contributed by atoms with E-state index in [0.29, 0.717) is 6.07 Å². The third-order valence-corrected chi connectivity index (χ3v) is 4.98. The van der Waals surface area contributed by atoms with Crippen molar-refractivity contribution in [2.45, 2.75) is 20.0 Å². The topological polar surface area (TPSA) is 107 Å². The Morgan fingerprint density at radius 3 is 2.42 bits per heavy atom. The van der Waals surface area contributed by atoms with Crippen LogP contribution in [0.2, 0.25) is 5.02 Å². The summed E-state index contributed by atoms with van der Waals surface area (Å²) in [5.74, 6) is -3.10. The Bertz CT molecular complexity index is 1260. The molecule has 0 bridgehead atoms. The first-order valence-electron chi connectivity index (χ1n) is 9.17. The van der Waals surface area contributed by atoms with Gasteiger partial charge in [-0.2, -0.15) is 17.6 Å². The van der Waals surface area contributed by atoms with Crippen LogP contribution in [0.25, 0.3) is 0 Å². The number of pyridine rings is 2. The monoisotopic (exact) mass is 482 g/mol. The lowest BCUT2D eigenvalue weighted by Gasteiger charge is -2.19. The maximum absolute atomic E-state index is 13.5. The summed E-state index contributed by atoms with van der Waals surface area (Å²) < 4.78 is 59.5. The van der Waals surface area contributed by atoms with E-state index in [9.17, 15) is 27.2 Å². The van der Waals surface area contributed by atoms with E-state index >= 15 is 0 Å². The molecule has 33 heavy (non-hydrogen) atoms. The highest BCUT2D eigenvalue weighted by Gasteiger charge is 2.37. The summed E-state index contributed by atoms with van der Waals surface area (Å²) in [6.07, 6.45) is -3.63. The predicted octanol–water partition coefficient (Wildman–Crippen LogP) is 5.05. The second-order valence-electron chi connectivity index (χ2n) is 6.80. The van der Waals surface area contributed by atoms with Gasteiger partial charge in [-0.25, -0.2) is 4.98 Å². The first kappa shape index (κ1) is 23.9. The first-order valence-corrected chi connectivity index (χ1v) is 9.54. The fourth-order valence-corrected chi connectivity index (χ4v) is 3.17. The largest absolute Gasteiger partial charge is 0.455 e. The van der Waals surface area contributed by atoms with Crippen molar-refractivity contribution >= 4 is 29.1 Å². The molecule has 0 unspecified atom stereocenters. The van der Waals surface area contributed by atoms with Gasteiger partial charge in [0.15, 0.2) is 0 Å². The van der Waals surface area contributed by atoms with E-state index in [1.54, 1.807) is 0 Å². The van der Waals surface area contributed by atoms with Crippen LogP contribution in [0.3, 0.4) is 0 Å². The standard InChI is InChI=1S/C21H15ClF4N4O3/c1-9-17(20(32)30-11-5-6-28-13(7-11)19(27)31)15(8-12(18(9)22)21(24,25)26)33-14-3-4-16(23)29-10(14)2/h3-8H,1-2H3,(H2,27,31)(H,28,30,32). The maximum Gasteiger partial charge on any atom is 0.417 e. The zero-order valence-corrected chi connectivity index (χ0v) is 17.8. The van der Waals surface area contributed by atoms with E-state index < -0.39 is 40.3 Å². The number of carbonyl (C=O) groups is 2. The number of rotatable bonds is 5. The number of benzene rings is 1. The van der Waals surface area contributed by atoms with E-state index in [1.165, 1.54) is 38.2 Å². The molecule has 172 valence electrons. The van der Waals surface area contributed by atoms with E-state index in [1.807, 2.05) is 0 Å². The van der Waals surface area contributed by atoms with Gasteiger partial charge in [0.25, 0.3) is 11.8 Å². The molecule has 2 aromatic heterocycles. The van der Waals surface area contributed by atoms with Crippen molar-refractivity contribution in [1.82, 2.24) is 9.97 Å². The average molecular weight is 483 g/mol. The molecule has 0 fully saturated rings. The third-order valence-electron chi connectivity index (χ3n) is 4.49. The fourth-order valence-electron chi connectivity index (χ4n) is 2.91. The quantitative estimate of drug-likeness (QED) is 0.391. The van der Waals surface area contributed by atoms with Gasteiger partial charge in [-0.3, -0.25) is 14.6 Å². The van der Waals surface area contributed by atoms with E-state index in [2.05, 4.69) is 15.3 Å². The molecule has 0 saturated carbocycles. The molecule has 0 aliphatic carbocycles. The van der Waals surface area contributed by atoms with Crippen molar-refractivity contribution in [2.75, 3.05) is 5.32 Å².